The normalized spacial score (nSPS) is 17.1. The Morgan fingerprint density at radius 1 is 1.12 bits per heavy atom. The monoisotopic (exact) mass is 381 g/mol. The number of hydrogen-bond acceptors (Lipinski definition) is 4. The molecule has 1 aromatic rings. The Morgan fingerprint density at radius 2 is 1.73 bits per heavy atom. The van der Waals surface area contributed by atoms with E-state index in [4.69, 9.17) is 0 Å². The van der Waals surface area contributed by atoms with E-state index in [0.29, 0.717) is 12.5 Å². The fourth-order valence-corrected chi connectivity index (χ4v) is 4.26. The van der Waals surface area contributed by atoms with Gasteiger partial charge in [-0.05, 0) is 57.3 Å². The number of amides is 2. The lowest BCUT2D eigenvalue weighted by Crippen LogP contribution is -2.49. The van der Waals surface area contributed by atoms with E-state index in [1.54, 1.807) is 12.1 Å². The predicted molar refractivity (Wildman–Crippen MR) is 104 cm³/mol. The van der Waals surface area contributed by atoms with Crippen LogP contribution in [0.1, 0.15) is 45.1 Å². The summed E-state index contributed by atoms with van der Waals surface area (Å²) in [6.07, 6.45) is 4.60. The van der Waals surface area contributed by atoms with Crippen LogP contribution in [-0.2, 0) is 10.0 Å². The summed E-state index contributed by atoms with van der Waals surface area (Å²) in [4.78, 5) is 14.7. The second kappa shape index (κ2) is 9.37. The van der Waals surface area contributed by atoms with Crippen LogP contribution in [-0.4, -0.2) is 45.0 Å². The van der Waals surface area contributed by atoms with Gasteiger partial charge in [-0.3, -0.25) is 4.90 Å². The maximum atomic E-state index is 12.3. The first kappa shape index (κ1) is 20.7. The van der Waals surface area contributed by atoms with Crippen molar-refractivity contribution >= 4 is 16.1 Å². The number of nitrogens with zero attached hydrogens (tertiary/aromatic N) is 1. The highest BCUT2D eigenvalue weighted by Crippen LogP contribution is 2.17. The molecule has 1 aliphatic heterocycles. The third-order valence-corrected chi connectivity index (χ3v) is 6.05. The standard InChI is InChI=1S/C19H31N3O3S/c1-15(2)13-17(22-11-5-4-6-12-22)14-20-19(23)21-26(24,25)18-9-7-16(3)8-10-18/h7-10,15,17H,4-6,11-14H2,1-3H3,(H2,20,21,23). The lowest BCUT2D eigenvalue weighted by molar-refractivity contribution is 0.143. The van der Waals surface area contributed by atoms with Crippen LogP contribution in [0.3, 0.4) is 0 Å². The average Bonchev–Trinajstić information content (AvgIpc) is 2.59. The largest absolute Gasteiger partial charge is 0.336 e. The summed E-state index contributed by atoms with van der Waals surface area (Å²) in [7, 11) is -3.85. The Hall–Kier alpha value is -1.60. The second-order valence-electron chi connectivity index (χ2n) is 7.51. The molecule has 2 N–H and O–H groups in total. The predicted octanol–water partition coefficient (Wildman–Crippen LogP) is 2.88. The molecule has 0 spiro atoms. The van der Waals surface area contributed by atoms with Crippen LogP contribution in [0.25, 0.3) is 0 Å². The molecule has 146 valence electrons. The molecule has 1 unspecified atom stereocenters. The number of carbonyl (C=O) groups is 1. The van der Waals surface area contributed by atoms with Crippen molar-refractivity contribution in [2.24, 2.45) is 5.92 Å². The number of urea groups is 1. The van der Waals surface area contributed by atoms with Gasteiger partial charge in [-0.15, -0.1) is 0 Å². The minimum atomic E-state index is -3.85. The molecule has 2 amide bonds. The summed E-state index contributed by atoms with van der Waals surface area (Å²) in [5.41, 5.74) is 0.964. The van der Waals surface area contributed by atoms with E-state index in [9.17, 15) is 13.2 Å². The first-order valence-corrected chi connectivity index (χ1v) is 10.9. The SMILES string of the molecule is Cc1ccc(S(=O)(=O)NC(=O)NCC(CC(C)C)N2CCCCC2)cc1. The highest BCUT2D eigenvalue weighted by atomic mass is 32.2. The molecule has 1 heterocycles. The van der Waals surface area contributed by atoms with Crippen molar-refractivity contribution in [1.82, 2.24) is 14.9 Å². The van der Waals surface area contributed by atoms with Crippen molar-refractivity contribution in [2.45, 2.75) is 57.4 Å². The van der Waals surface area contributed by atoms with Crippen molar-refractivity contribution < 1.29 is 13.2 Å². The summed E-state index contributed by atoms with van der Waals surface area (Å²) in [6.45, 7) is 8.75. The number of likely N-dealkylation sites (tertiary alicyclic amines) is 1. The molecule has 6 nitrogen and oxygen atoms in total. The van der Waals surface area contributed by atoms with E-state index in [0.717, 1.165) is 25.1 Å². The van der Waals surface area contributed by atoms with E-state index in [1.807, 2.05) is 6.92 Å². The van der Waals surface area contributed by atoms with Crippen LogP contribution in [0.2, 0.25) is 0 Å². The summed E-state index contributed by atoms with van der Waals surface area (Å²) < 4.78 is 26.7. The molecular weight excluding hydrogens is 350 g/mol. The zero-order chi connectivity index (χ0) is 19.2. The molecule has 0 aromatic heterocycles. The van der Waals surface area contributed by atoms with E-state index in [-0.39, 0.29) is 10.9 Å². The van der Waals surface area contributed by atoms with Crippen LogP contribution >= 0.6 is 0 Å². The van der Waals surface area contributed by atoms with E-state index < -0.39 is 16.1 Å². The van der Waals surface area contributed by atoms with Gasteiger partial charge in [0.25, 0.3) is 10.0 Å². The minimum absolute atomic E-state index is 0.0908. The highest BCUT2D eigenvalue weighted by molar-refractivity contribution is 7.90. The molecule has 26 heavy (non-hydrogen) atoms. The lowest BCUT2D eigenvalue weighted by Gasteiger charge is -2.35. The van der Waals surface area contributed by atoms with Gasteiger partial charge in [0.1, 0.15) is 0 Å². The quantitative estimate of drug-likeness (QED) is 0.761. The first-order chi connectivity index (χ1) is 12.3. The van der Waals surface area contributed by atoms with E-state index in [1.165, 1.54) is 31.4 Å². The van der Waals surface area contributed by atoms with Crippen molar-refractivity contribution in [2.75, 3.05) is 19.6 Å². The Labute approximate surface area is 157 Å². The molecular formula is C19H31N3O3S. The Bertz CT molecular complexity index is 680. The van der Waals surface area contributed by atoms with Crippen molar-refractivity contribution in [1.29, 1.82) is 0 Å². The van der Waals surface area contributed by atoms with Gasteiger partial charge in [0.2, 0.25) is 0 Å². The number of carbonyl (C=O) groups excluding carboxylic acids is 1. The number of piperidine rings is 1. The summed E-state index contributed by atoms with van der Waals surface area (Å²) in [5, 5.41) is 2.75. The molecule has 1 aromatic carbocycles. The van der Waals surface area contributed by atoms with Gasteiger partial charge in [-0.1, -0.05) is 38.0 Å². The van der Waals surface area contributed by atoms with Crippen LogP contribution in [0.15, 0.2) is 29.2 Å². The van der Waals surface area contributed by atoms with Gasteiger partial charge in [-0.25, -0.2) is 17.9 Å². The molecule has 0 aliphatic carbocycles. The molecule has 2 rings (SSSR count). The molecule has 0 bridgehead atoms. The number of hydrogen-bond donors (Lipinski definition) is 2. The number of sulfonamides is 1. The molecule has 7 heteroatoms. The second-order valence-corrected chi connectivity index (χ2v) is 9.19. The molecule has 1 aliphatic rings. The lowest BCUT2D eigenvalue weighted by atomic mass is 10.00. The zero-order valence-electron chi connectivity index (χ0n) is 16.0. The minimum Gasteiger partial charge on any atom is -0.336 e. The summed E-state index contributed by atoms with van der Waals surface area (Å²) in [5.74, 6) is 0.517. The van der Waals surface area contributed by atoms with Crippen molar-refractivity contribution in [3.05, 3.63) is 29.8 Å². The van der Waals surface area contributed by atoms with Crippen LogP contribution in [0.4, 0.5) is 4.79 Å². The Morgan fingerprint density at radius 3 is 2.31 bits per heavy atom. The Kier molecular flexibility index (Phi) is 7.46. The topological polar surface area (TPSA) is 78.5 Å². The van der Waals surface area contributed by atoms with Gasteiger partial charge >= 0.3 is 6.03 Å². The maximum Gasteiger partial charge on any atom is 0.328 e. The fourth-order valence-electron chi connectivity index (χ4n) is 3.33. The summed E-state index contributed by atoms with van der Waals surface area (Å²) >= 11 is 0. The zero-order valence-corrected chi connectivity index (χ0v) is 16.8. The Balaban J connectivity index is 1.93. The molecule has 1 fully saturated rings. The van der Waals surface area contributed by atoms with E-state index >= 15 is 0 Å². The fraction of sp³-hybridized carbons (Fsp3) is 0.632. The number of benzene rings is 1. The highest BCUT2D eigenvalue weighted by Gasteiger charge is 2.23. The van der Waals surface area contributed by atoms with Crippen molar-refractivity contribution in [3.8, 4) is 0 Å². The summed E-state index contributed by atoms with van der Waals surface area (Å²) in [6, 6.07) is 5.99. The third kappa shape index (κ3) is 6.29. The molecule has 1 atom stereocenters. The third-order valence-electron chi connectivity index (χ3n) is 4.71. The molecule has 1 saturated heterocycles. The van der Waals surface area contributed by atoms with E-state index in [2.05, 4.69) is 28.8 Å². The van der Waals surface area contributed by atoms with Crippen LogP contribution in [0, 0.1) is 12.8 Å². The maximum absolute atomic E-state index is 12.3. The van der Waals surface area contributed by atoms with Gasteiger partial charge in [-0.2, -0.15) is 0 Å². The van der Waals surface area contributed by atoms with Gasteiger partial charge in [0.05, 0.1) is 4.90 Å². The van der Waals surface area contributed by atoms with Gasteiger partial charge < -0.3 is 5.32 Å². The number of nitrogens with one attached hydrogen (secondary N) is 2. The molecule has 0 saturated carbocycles. The van der Waals surface area contributed by atoms with Crippen LogP contribution < -0.4 is 10.0 Å². The average molecular weight is 382 g/mol. The number of rotatable bonds is 7. The van der Waals surface area contributed by atoms with Gasteiger partial charge in [0, 0.05) is 12.6 Å². The van der Waals surface area contributed by atoms with Crippen LogP contribution in [0.5, 0.6) is 0 Å². The number of aryl methyl sites for hydroxylation is 1. The van der Waals surface area contributed by atoms with Crippen molar-refractivity contribution in [3.63, 3.8) is 0 Å². The smallest absolute Gasteiger partial charge is 0.328 e. The van der Waals surface area contributed by atoms with Gasteiger partial charge in [0.15, 0.2) is 0 Å². The first-order valence-electron chi connectivity index (χ1n) is 9.39. The molecule has 0 radical (unpaired) electrons.